The van der Waals surface area contributed by atoms with Gasteiger partial charge in [-0.15, -0.1) is 0 Å². The van der Waals surface area contributed by atoms with E-state index >= 15 is 0 Å². The molecule has 1 heterocycles. The summed E-state index contributed by atoms with van der Waals surface area (Å²) in [7, 11) is 2.00. The van der Waals surface area contributed by atoms with Gasteiger partial charge in [0.2, 0.25) is 0 Å². The molecule has 0 aromatic heterocycles. The van der Waals surface area contributed by atoms with E-state index in [1.165, 1.54) is 29.5 Å². The van der Waals surface area contributed by atoms with Gasteiger partial charge in [-0.2, -0.15) is 0 Å². The van der Waals surface area contributed by atoms with E-state index < -0.39 is 0 Å². The molecular formula is C13H16ClNO. The second-order valence-electron chi connectivity index (χ2n) is 4.57. The first-order valence-corrected chi connectivity index (χ1v) is 6.33. The van der Waals surface area contributed by atoms with Crippen molar-refractivity contribution >= 4 is 11.6 Å². The van der Waals surface area contributed by atoms with Crippen LogP contribution in [0.5, 0.6) is 5.75 Å². The zero-order chi connectivity index (χ0) is 11.1. The van der Waals surface area contributed by atoms with E-state index in [9.17, 15) is 0 Å². The van der Waals surface area contributed by atoms with Crippen LogP contribution in [0.25, 0.3) is 0 Å². The second kappa shape index (κ2) is 3.94. The van der Waals surface area contributed by atoms with E-state index in [1.54, 1.807) is 0 Å². The van der Waals surface area contributed by atoms with Crippen LogP contribution in [0.2, 0.25) is 5.02 Å². The van der Waals surface area contributed by atoms with Gasteiger partial charge < -0.3 is 10.1 Å². The third-order valence-corrected chi connectivity index (χ3v) is 4.00. The predicted molar refractivity (Wildman–Crippen MR) is 65.4 cm³/mol. The zero-order valence-electron chi connectivity index (χ0n) is 9.48. The molecule has 1 N–H and O–H groups in total. The largest absolute Gasteiger partial charge is 0.493 e. The number of halogens is 1. The molecule has 3 heteroatoms. The maximum atomic E-state index is 6.40. The van der Waals surface area contributed by atoms with Crippen molar-refractivity contribution in [3.63, 3.8) is 0 Å². The molecule has 3 rings (SSSR count). The molecule has 0 bridgehead atoms. The fourth-order valence-corrected chi connectivity index (χ4v) is 3.30. The topological polar surface area (TPSA) is 21.3 Å². The Morgan fingerprint density at radius 1 is 1.44 bits per heavy atom. The lowest BCUT2D eigenvalue weighted by atomic mass is 9.85. The SMILES string of the molecule is CNC1CCCc2c3c(cc(Cl)c21)CCO3. The molecule has 16 heavy (non-hydrogen) atoms. The Morgan fingerprint density at radius 2 is 2.31 bits per heavy atom. The van der Waals surface area contributed by atoms with Crippen LogP contribution in [0, 0.1) is 0 Å². The summed E-state index contributed by atoms with van der Waals surface area (Å²) in [6, 6.07) is 2.49. The lowest BCUT2D eigenvalue weighted by Gasteiger charge is -2.27. The summed E-state index contributed by atoms with van der Waals surface area (Å²) in [5.74, 6) is 1.12. The van der Waals surface area contributed by atoms with Crippen LogP contribution in [0.1, 0.15) is 35.6 Å². The summed E-state index contributed by atoms with van der Waals surface area (Å²) in [6.45, 7) is 0.812. The Kier molecular flexibility index (Phi) is 2.56. The number of nitrogens with one attached hydrogen (secondary N) is 1. The van der Waals surface area contributed by atoms with Gasteiger partial charge in [0.05, 0.1) is 6.61 Å². The highest BCUT2D eigenvalue weighted by molar-refractivity contribution is 6.31. The third kappa shape index (κ3) is 1.44. The van der Waals surface area contributed by atoms with Crippen molar-refractivity contribution in [1.29, 1.82) is 0 Å². The van der Waals surface area contributed by atoms with E-state index in [1.807, 2.05) is 7.05 Å². The molecule has 1 aromatic rings. The number of rotatable bonds is 1. The van der Waals surface area contributed by atoms with Crippen molar-refractivity contribution in [2.24, 2.45) is 0 Å². The quantitative estimate of drug-likeness (QED) is 0.811. The van der Waals surface area contributed by atoms with Crippen molar-refractivity contribution < 1.29 is 4.74 Å². The highest BCUT2D eigenvalue weighted by atomic mass is 35.5. The van der Waals surface area contributed by atoms with Crippen LogP contribution in [0.4, 0.5) is 0 Å². The van der Waals surface area contributed by atoms with Crippen LogP contribution >= 0.6 is 11.6 Å². The predicted octanol–water partition coefficient (Wildman–Crippen LogP) is 2.87. The van der Waals surface area contributed by atoms with Gasteiger partial charge in [0, 0.05) is 23.0 Å². The Labute approximate surface area is 101 Å². The molecule has 1 aromatic carbocycles. The van der Waals surface area contributed by atoms with Gasteiger partial charge in [-0.05, 0) is 43.5 Å². The minimum absolute atomic E-state index is 0.394. The molecule has 1 aliphatic heterocycles. The van der Waals surface area contributed by atoms with Gasteiger partial charge in [-0.1, -0.05) is 11.6 Å². The van der Waals surface area contributed by atoms with Crippen molar-refractivity contribution in [3.05, 3.63) is 27.8 Å². The Morgan fingerprint density at radius 3 is 3.12 bits per heavy atom. The maximum absolute atomic E-state index is 6.40. The van der Waals surface area contributed by atoms with Gasteiger partial charge in [-0.25, -0.2) is 0 Å². The highest BCUT2D eigenvalue weighted by Crippen LogP contribution is 2.43. The van der Waals surface area contributed by atoms with Crippen molar-refractivity contribution in [2.75, 3.05) is 13.7 Å². The summed E-state index contributed by atoms with van der Waals surface area (Å²) in [5.41, 5.74) is 3.92. The number of fused-ring (bicyclic) bond motifs is 3. The fraction of sp³-hybridized carbons (Fsp3) is 0.538. The Balaban J connectivity index is 2.19. The molecule has 0 amide bonds. The van der Waals surface area contributed by atoms with Crippen LogP contribution in [-0.2, 0) is 12.8 Å². The Hall–Kier alpha value is -0.730. The second-order valence-corrected chi connectivity index (χ2v) is 4.98. The zero-order valence-corrected chi connectivity index (χ0v) is 10.2. The third-order valence-electron chi connectivity index (χ3n) is 3.68. The molecule has 0 saturated carbocycles. The fourth-order valence-electron chi connectivity index (χ4n) is 2.93. The summed E-state index contributed by atoms with van der Waals surface area (Å²) in [5, 5.41) is 4.27. The highest BCUT2D eigenvalue weighted by Gasteiger charge is 2.28. The number of hydrogen-bond acceptors (Lipinski definition) is 2. The molecule has 1 atom stereocenters. The molecule has 0 saturated heterocycles. The van der Waals surface area contributed by atoms with Crippen molar-refractivity contribution in [3.8, 4) is 5.75 Å². The molecule has 86 valence electrons. The monoisotopic (exact) mass is 237 g/mol. The van der Waals surface area contributed by atoms with Gasteiger partial charge in [-0.3, -0.25) is 0 Å². The standard InChI is InChI=1S/C13H16ClNO/c1-15-11-4-2-3-9-12(11)10(14)7-8-5-6-16-13(8)9/h7,11,15H,2-6H2,1H3. The van der Waals surface area contributed by atoms with Gasteiger partial charge in [0.1, 0.15) is 5.75 Å². The van der Waals surface area contributed by atoms with E-state index in [-0.39, 0.29) is 0 Å². The van der Waals surface area contributed by atoms with E-state index in [2.05, 4.69) is 11.4 Å². The van der Waals surface area contributed by atoms with Crippen molar-refractivity contribution in [1.82, 2.24) is 5.32 Å². The molecule has 2 aliphatic rings. The van der Waals surface area contributed by atoms with Crippen LogP contribution in [0.15, 0.2) is 6.07 Å². The Bertz CT molecular complexity index is 430. The number of ether oxygens (including phenoxy) is 1. The van der Waals surface area contributed by atoms with Gasteiger partial charge in [0.15, 0.2) is 0 Å². The minimum Gasteiger partial charge on any atom is -0.493 e. The summed E-state index contributed by atoms with van der Waals surface area (Å²) >= 11 is 6.40. The van der Waals surface area contributed by atoms with Gasteiger partial charge in [0.25, 0.3) is 0 Å². The maximum Gasteiger partial charge on any atom is 0.126 e. The minimum atomic E-state index is 0.394. The average molecular weight is 238 g/mol. The average Bonchev–Trinajstić information content (AvgIpc) is 2.76. The molecule has 0 radical (unpaired) electrons. The normalized spacial score (nSPS) is 22.5. The molecule has 0 spiro atoms. The first kappa shape index (κ1) is 10.4. The first-order chi connectivity index (χ1) is 7.81. The molecule has 2 nitrogen and oxygen atoms in total. The van der Waals surface area contributed by atoms with Crippen LogP contribution in [-0.4, -0.2) is 13.7 Å². The van der Waals surface area contributed by atoms with E-state index in [0.29, 0.717) is 6.04 Å². The molecule has 1 unspecified atom stereocenters. The van der Waals surface area contributed by atoms with E-state index in [4.69, 9.17) is 16.3 Å². The molecular weight excluding hydrogens is 222 g/mol. The molecule has 0 fully saturated rings. The summed E-state index contributed by atoms with van der Waals surface area (Å²) in [4.78, 5) is 0. The van der Waals surface area contributed by atoms with E-state index in [0.717, 1.165) is 30.2 Å². The summed E-state index contributed by atoms with van der Waals surface area (Å²) < 4.78 is 5.76. The van der Waals surface area contributed by atoms with Crippen LogP contribution in [0.3, 0.4) is 0 Å². The number of hydrogen-bond donors (Lipinski definition) is 1. The first-order valence-electron chi connectivity index (χ1n) is 5.95. The van der Waals surface area contributed by atoms with Crippen molar-refractivity contribution in [2.45, 2.75) is 31.7 Å². The lowest BCUT2D eigenvalue weighted by Crippen LogP contribution is -2.22. The molecule has 1 aliphatic carbocycles. The smallest absolute Gasteiger partial charge is 0.126 e. The van der Waals surface area contributed by atoms with Gasteiger partial charge >= 0.3 is 0 Å². The lowest BCUT2D eigenvalue weighted by molar-refractivity contribution is 0.349. The summed E-state index contributed by atoms with van der Waals surface area (Å²) in [6.07, 6.45) is 4.50. The van der Waals surface area contributed by atoms with Crippen LogP contribution < -0.4 is 10.1 Å². The number of benzene rings is 1.